The molecule has 2 aromatic carbocycles. The van der Waals surface area contributed by atoms with Crippen LogP contribution in [0.1, 0.15) is 5.56 Å². The number of amidine groups is 1. The van der Waals surface area contributed by atoms with Crippen LogP contribution in [0.3, 0.4) is 0 Å². The molecule has 3 N–H and O–H groups in total. The summed E-state index contributed by atoms with van der Waals surface area (Å²) in [6.45, 7) is 0.0454. The van der Waals surface area contributed by atoms with Gasteiger partial charge in [0.15, 0.2) is 0 Å². The van der Waals surface area contributed by atoms with E-state index in [1.54, 1.807) is 18.2 Å². The zero-order valence-electron chi connectivity index (χ0n) is 11.4. The summed E-state index contributed by atoms with van der Waals surface area (Å²) in [5, 5.41) is 7.40. The summed E-state index contributed by atoms with van der Waals surface area (Å²) < 4.78 is 26.5. The molecule has 0 amide bonds. The van der Waals surface area contributed by atoms with E-state index >= 15 is 0 Å². The highest BCUT2D eigenvalue weighted by atomic mass is 32.2. The summed E-state index contributed by atoms with van der Waals surface area (Å²) >= 11 is 0. The highest BCUT2D eigenvalue weighted by Gasteiger charge is 2.24. The predicted molar refractivity (Wildman–Crippen MR) is 82.4 cm³/mol. The summed E-state index contributed by atoms with van der Waals surface area (Å²) in [5.74, 6) is -0.189. The number of nitrogens with two attached hydrogens (primary N) is 1. The highest BCUT2D eigenvalue weighted by Crippen LogP contribution is 2.17. The molecule has 0 spiro atoms. The maximum atomic E-state index is 12.6. The van der Waals surface area contributed by atoms with Crippen LogP contribution >= 0.6 is 0 Å². The van der Waals surface area contributed by atoms with Crippen molar-refractivity contribution >= 4 is 15.9 Å². The van der Waals surface area contributed by atoms with E-state index in [2.05, 4.69) is 0 Å². The molecule has 110 valence electrons. The van der Waals surface area contributed by atoms with Crippen LogP contribution in [0, 0.1) is 5.41 Å². The van der Waals surface area contributed by atoms with E-state index in [1.807, 2.05) is 30.3 Å². The van der Waals surface area contributed by atoms with E-state index in [4.69, 9.17) is 11.1 Å². The van der Waals surface area contributed by atoms with Gasteiger partial charge in [-0.3, -0.25) is 5.41 Å². The molecule has 5 nitrogen and oxygen atoms in total. The standard InChI is InChI=1S/C15H17N3O2S/c16-15(17)12-18(11-13-7-3-1-4-8-13)21(19,20)14-9-5-2-6-10-14/h1-10H,11-12H2,(H3,16,17). The molecule has 0 aromatic heterocycles. The predicted octanol–water partition coefficient (Wildman–Crippen LogP) is 1.81. The van der Waals surface area contributed by atoms with Crippen molar-refractivity contribution in [3.05, 3.63) is 66.2 Å². The first-order valence-electron chi connectivity index (χ1n) is 6.42. The second-order valence-corrected chi connectivity index (χ2v) is 6.53. The van der Waals surface area contributed by atoms with Crippen molar-refractivity contribution in [3.63, 3.8) is 0 Å². The molecule has 0 unspecified atom stereocenters. The second kappa shape index (κ2) is 6.51. The third-order valence-corrected chi connectivity index (χ3v) is 4.74. The van der Waals surface area contributed by atoms with Crippen molar-refractivity contribution in [2.24, 2.45) is 5.73 Å². The fraction of sp³-hybridized carbons (Fsp3) is 0.133. The van der Waals surface area contributed by atoms with Crippen LogP contribution in [0.5, 0.6) is 0 Å². The molecule has 0 bridgehead atoms. The number of nitrogens with one attached hydrogen (secondary N) is 1. The minimum absolute atomic E-state index is 0.133. The van der Waals surface area contributed by atoms with E-state index in [0.29, 0.717) is 0 Å². The average molecular weight is 303 g/mol. The number of rotatable bonds is 6. The normalized spacial score (nSPS) is 11.5. The molecule has 2 aromatic rings. The fourth-order valence-electron chi connectivity index (χ4n) is 1.94. The Morgan fingerprint density at radius 3 is 2.05 bits per heavy atom. The first-order valence-corrected chi connectivity index (χ1v) is 7.86. The van der Waals surface area contributed by atoms with Crippen LogP contribution in [-0.2, 0) is 16.6 Å². The SMILES string of the molecule is N=C(N)CN(Cc1ccccc1)S(=O)(=O)c1ccccc1. The molecule has 0 aliphatic rings. The molecule has 0 heterocycles. The van der Waals surface area contributed by atoms with Crippen LogP contribution in [-0.4, -0.2) is 25.1 Å². The lowest BCUT2D eigenvalue weighted by molar-refractivity contribution is 0.445. The molecule has 0 aliphatic heterocycles. The van der Waals surface area contributed by atoms with Gasteiger partial charge in [-0.25, -0.2) is 8.42 Å². The van der Waals surface area contributed by atoms with Gasteiger partial charge in [-0.2, -0.15) is 4.31 Å². The summed E-state index contributed by atoms with van der Waals surface area (Å²) in [6, 6.07) is 17.4. The van der Waals surface area contributed by atoms with Crippen molar-refractivity contribution in [2.75, 3.05) is 6.54 Å². The minimum atomic E-state index is -3.68. The molecule has 0 atom stereocenters. The molecule has 0 saturated carbocycles. The zero-order valence-corrected chi connectivity index (χ0v) is 12.3. The fourth-order valence-corrected chi connectivity index (χ4v) is 3.37. The van der Waals surface area contributed by atoms with E-state index in [-0.39, 0.29) is 23.8 Å². The number of benzene rings is 2. The lowest BCUT2D eigenvalue weighted by atomic mass is 10.2. The third-order valence-electron chi connectivity index (χ3n) is 2.93. The van der Waals surface area contributed by atoms with Gasteiger partial charge in [-0.1, -0.05) is 48.5 Å². The minimum Gasteiger partial charge on any atom is -0.387 e. The molecule has 2 rings (SSSR count). The van der Waals surface area contributed by atoms with E-state index < -0.39 is 10.0 Å². The highest BCUT2D eigenvalue weighted by molar-refractivity contribution is 7.89. The zero-order chi connectivity index (χ0) is 15.3. The molecule has 0 aliphatic carbocycles. The lowest BCUT2D eigenvalue weighted by Crippen LogP contribution is -2.37. The Balaban J connectivity index is 2.34. The number of nitrogens with zero attached hydrogens (tertiary/aromatic N) is 1. The summed E-state index contributed by atoms with van der Waals surface area (Å²) in [7, 11) is -3.68. The van der Waals surface area contributed by atoms with Gasteiger partial charge in [0.25, 0.3) is 0 Å². The average Bonchev–Trinajstić information content (AvgIpc) is 2.48. The van der Waals surface area contributed by atoms with Gasteiger partial charge >= 0.3 is 0 Å². The van der Waals surface area contributed by atoms with Gasteiger partial charge in [0.2, 0.25) is 10.0 Å². The van der Waals surface area contributed by atoms with Crippen molar-refractivity contribution < 1.29 is 8.42 Å². The number of sulfonamides is 1. The summed E-state index contributed by atoms with van der Waals surface area (Å²) in [6.07, 6.45) is 0. The van der Waals surface area contributed by atoms with Crippen LogP contribution in [0.15, 0.2) is 65.6 Å². The Bertz CT molecular complexity index is 700. The van der Waals surface area contributed by atoms with Crippen LogP contribution in [0.4, 0.5) is 0 Å². The molecule has 21 heavy (non-hydrogen) atoms. The Morgan fingerprint density at radius 2 is 1.52 bits per heavy atom. The smallest absolute Gasteiger partial charge is 0.243 e. The molecule has 0 saturated heterocycles. The monoisotopic (exact) mass is 303 g/mol. The third kappa shape index (κ3) is 3.90. The van der Waals surface area contributed by atoms with Gasteiger partial charge in [0, 0.05) is 6.54 Å². The first-order chi connectivity index (χ1) is 10.00. The van der Waals surface area contributed by atoms with Crippen LogP contribution < -0.4 is 5.73 Å². The molecule has 0 radical (unpaired) electrons. The molecular weight excluding hydrogens is 286 g/mol. The number of hydrogen-bond donors (Lipinski definition) is 2. The maximum Gasteiger partial charge on any atom is 0.243 e. The van der Waals surface area contributed by atoms with Crippen molar-refractivity contribution in [1.29, 1.82) is 5.41 Å². The Kier molecular flexibility index (Phi) is 4.72. The molecular formula is C15H17N3O2S. The van der Waals surface area contributed by atoms with Crippen molar-refractivity contribution in [2.45, 2.75) is 11.4 Å². The van der Waals surface area contributed by atoms with Gasteiger partial charge < -0.3 is 5.73 Å². The largest absolute Gasteiger partial charge is 0.387 e. The first kappa shape index (κ1) is 15.2. The topological polar surface area (TPSA) is 87.2 Å². The van der Waals surface area contributed by atoms with Gasteiger partial charge in [-0.05, 0) is 17.7 Å². The second-order valence-electron chi connectivity index (χ2n) is 4.60. The van der Waals surface area contributed by atoms with Crippen LogP contribution in [0.25, 0.3) is 0 Å². The number of hydrogen-bond acceptors (Lipinski definition) is 3. The summed E-state index contributed by atoms with van der Waals surface area (Å²) in [4.78, 5) is 0.196. The van der Waals surface area contributed by atoms with E-state index in [0.717, 1.165) is 5.56 Å². The maximum absolute atomic E-state index is 12.6. The Morgan fingerprint density at radius 1 is 1.00 bits per heavy atom. The van der Waals surface area contributed by atoms with Crippen molar-refractivity contribution in [3.8, 4) is 0 Å². The Hall–Kier alpha value is -2.18. The van der Waals surface area contributed by atoms with Crippen LogP contribution in [0.2, 0.25) is 0 Å². The lowest BCUT2D eigenvalue weighted by Gasteiger charge is -2.21. The quantitative estimate of drug-likeness (QED) is 0.630. The van der Waals surface area contributed by atoms with Crippen molar-refractivity contribution in [1.82, 2.24) is 4.31 Å². The molecule has 6 heteroatoms. The summed E-state index contributed by atoms with van der Waals surface area (Å²) in [5.41, 5.74) is 6.24. The molecule has 0 fully saturated rings. The van der Waals surface area contributed by atoms with Gasteiger partial charge in [0.05, 0.1) is 11.4 Å². The van der Waals surface area contributed by atoms with E-state index in [9.17, 15) is 8.42 Å². The van der Waals surface area contributed by atoms with E-state index in [1.165, 1.54) is 16.4 Å². The van der Waals surface area contributed by atoms with Gasteiger partial charge in [0.1, 0.15) is 5.84 Å². The Labute approximate surface area is 124 Å². The van der Waals surface area contributed by atoms with Gasteiger partial charge in [-0.15, -0.1) is 0 Å².